The molecule has 0 saturated carbocycles. The lowest BCUT2D eigenvalue weighted by Gasteiger charge is -2.33. The van der Waals surface area contributed by atoms with Crippen LogP contribution in [0.2, 0.25) is 0 Å². The number of aromatic nitrogens is 1. The zero-order valence-electron chi connectivity index (χ0n) is 13.7. The number of anilines is 1. The van der Waals surface area contributed by atoms with Crippen molar-refractivity contribution in [2.75, 3.05) is 18.0 Å². The summed E-state index contributed by atoms with van der Waals surface area (Å²) in [5.74, 6) is 1.92. The van der Waals surface area contributed by atoms with Gasteiger partial charge in [-0.15, -0.1) is 0 Å². The number of hydrogen-bond acceptors (Lipinski definition) is 3. The van der Waals surface area contributed by atoms with E-state index < -0.39 is 0 Å². The van der Waals surface area contributed by atoms with E-state index in [4.69, 9.17) is 0 Å². The van der Waals surface area contributed by atoms with Gasteiger partial charge in [-0.3, -0.25) is 4.79 Å². The van der Waals surface area contributed by atoms with Gasteiger partial charge in [0.05, 0.1) is 0 Å². The molecule has 3 rings (SSSR count). The Morgan fingerprint density at radius 1 is 1.13 bits per heavy atom. The lowest BCUT2D eigenvalue weighted by molar-refractivity contribution is 0.0981. The summed E-state index contributed by atoms with van der Waals surface area (Å²) in [5.41, 5.74) is 2.21. The number of Topliss-reactive ketones (excluding diaryl/α,β-unsaturated/α-hetero) is 1. The van der Waals surface area contributed by atoms with E-state index in [2.05, 4.69) is 28.1 Å². The predicted molar refractivity (Wildman–Crippen MR) is 94.1 cm³/mol. The highest BCUT2D eigenvalue weighted by atomic mass is 16.1. The molecule has 120 valence electrons. The number of hydrogen-bond donors (Lipinski definition) is 0. The van der Waals surface area contributed by atoms with Gasteiger partial charge in [-0.25, -0.2) is 4.98 Å². The Bertz CT molecular complexity index is 628. The molecule has 1 aliphatic heterocycles. The van der Waals surface area contributed by atoms with Crippen molar-refractivity contribution < 1.29 is 4.79 Å². The number of pyridine rings is 1. The molecule has 2 aromatic rings. The lowest BCUT2D eigenvalue weighted by atomic mass is 9.88. The summed E-state index contributed by atoms with van der Waals surface area (Å²) >= 11 is 0. The predicted octanol–water partition coefficient (Wildman–Crippen LogP) is 4.45. The van der Waals surface area contributed by atoms with Crippen molar-refractivity contribution in [3.8, 4) is 0 Å². The number of carbonyl (C=O) groups excluding carboxylic acids is 1. The van der Waals surface area contributed by atoms with Crippen LogP contribution in [0.3, 0.4) is 0 Å². The molecule has 1 aromatic heterocycles. The Hall–Kier alpha value is -2.16. The molecule has 0 unspecified atom stereocenters. The van der Waals surface area contributed by atoms with Crippen LogP contribution < -0.4 is 4.90 Å². The van der Waals surface area contributed by atoms with Crippen molar-refractivity contribution in [1.82, 2.24) is 4.98 Å². The van der Waals surface area contributed by atoms with Crippen molar-refractivity contribution in [3.63, 3.8) is 0 Å². The van der Waals surface area contributed by atoms with Crippen LogP contribution in [0, 0.1) is 0 Å². The molecule has 3 heteroatoms. The van der Waals surface area contributed by atoms with E-state index in [9.17, 15) is 4.79 Å². The molecule has 0 radical (unpaired) electrons. The monoisotopic (exact) mass is 308 g/mol. The van der Waals surface area contributed by atoms with Crippen molar-refractivity contribution >= 4 is 11.6 Å². The second-order valence-corrected chi connectivity index (χ2v) is 6.24. The first kappa shape index (κ1) is 15.7. The van der Waals surface area contributed by atoms with Crippen LogP contribution in [0.5, 0.6) is 0 Å². The first-order chi connectivity index (χ1) is 11.3. The molecule has 0 bridgehead atoms. The Morgan fingerprint density at radius 2 is 1.87 bits per heavy atom. The average Bonchev–Trinajstić information content (AvgIpc) is 2.63. The minimum atomic E-state index is 0.254. The molecule has 0 spiro atoms. The lowest BCUT2D eigenvalue weighted by Crippen LogP contribution is -2.33. The zero-order valence-corrected chi connectivity index (χ0v) is 13.7. The highest BCUT2D eigenvalue weighted by molar-refractivity contribution is 5.96. The fraction of sp³-hybridized carbons (Fsp3) is 0.400. The van der Waals surface area contributed by atoms with Gasteiger partial charge in [0.2, 0.25) is 0 Å². The first-order valence-electron chi connectivity index (χ1n) is 8.57. The van der Waals surface area contributed by atoms with Crippen molar-refractivity contribution in [2.45, 2.75) is 38.5 Å². The standard InChI is InChI=1S/C20H24N2O/c1-2-5-19(23)18-9-7-16(8-10-18)17-11-14-22(15-12-17)20-6-3-4-13-21-20/h3-4,6-10,13,17H,2,5,11-12,14-15H2,1H3. The fourth-order valence-corrected chi connectivity index (χ4v) is 3.30. The number of piperidine rings is 1. The Labute approximate surface area is 138 Å². The summed E-state index contributed by atoms with van der Waals surface area (Å²) in [7, 11) is 0. The molecular formula is C20H24N2O. The number of benzene rings is 1. The molecule has 23 heavy (non-hydrogen) atoms. The number of nitrogens with zero attached hydrogens (tertiary/aromatic N) is 2. The minimum absolute atomic E-state index is 0.254. The first-order valence-corrected chi connectivity index (χ1v) is 8.57. The van der Waals surface area contributed by atoms with Gasteiger partial charge in [0.15, 0.2) is 5.78 Å². The largest absolute Gasteiger partial charge is 0.357 e. The van der Waals surface area contributed by atoms with Gasteiger partial charge in [-0.2, -0.15) is 0 Å². The number of ketones is 1. The van der Waals surface area contributed by atoms with Crippen LogP contribution in [0.15, 0.2) is 48.7 Å². The highest BCUT2D eigenvalue weighted by Crippen LogP contribution is 2.30. The molecule has 0 aliphatic carbocycles. The molecule has 1 aromatic carbocycles. The van der Waals surface area contributed by atoms with E-state index in [-0.39, 0.29) is 5.78 Å². The molecule has 1 aliphatic rings. The fourth-order valence-electron chi connectivity index (χ4n) is 3.30. The van der Waals surface area contributed by atoms with E-state index in [1.165, 1.54) is 5.56 Å². The molecular weight excluding hydrogens is 284 g/mol. The zero-order chi connectivity index (χ0) is 16.1. The van der Waals surface area contributed by atoms with Gasteiger partial charge < -0.3 is 4.90 Å². The van der Waals surface area contributed by atoms with E-state index in [1.54, 1.807) is 0 Å². The topological polar surface area (TPSA) is 33.2 Å². The summed E-state index contributed by atoms with van der Waals surface area (Å²) in [5, 5.41) is 0. The van der Waals surface area contributed by atoms with Gasteiger partial charge in [-0.05, 0) is 42.9 Å². The highest BCUT2D eigenvalue weighted by Gasteiger charge is 2.21. The van der Waals surface area contributed by atoms with Crippen molar-refractivity contribution in [3.05, 3.63) is 59.8 Å². The summed E-state index contributed by atoms with van der Waals surface area (Å²) in [4.78, 5) is 18.7. The van der Waals surface area contributed by atoms with Gasteiger partial charge >= 0.3 is 0 Å². The Kier molecular flexibility index (Phi) is 5.06. The molecule has 0 amide bonds. The SMILES string of the molecule is CCCC(=O)c1ccc(C2CCN(c3ccccn3)CC2)cc1. The molecule has 3 nitrogen and oxygen atoms in total. The van der Waals surface area contributed by atoms with Gasteiger partial charge in [0.1, 0.15) is 5.82 Å². The summed E-state index contributed by atoms with van der Waals surface area (Å²) < 4.78 is 0. The van der Waals surface area contributed by atoms with E-state index in [0.29, 0.717) is 12.3 Å². The molecule has 0 N–H and O–H groups in total. The average molecular weight is 308 g/mol. The molecule has 1 fully saturated rings. The minimum Gasteiger partial charge on any atom is -0.357 e. The number of rotatable bonds is 5. The van der Waals surface area contributed by atoms with Crippen LogP contribution >= 0.6 is 0 Å². The van der Waals surface area contributed by atoms with E-state index >= 15 is 0 Å². The second-order valence-electron chi connectivity index (χ2n) is 6.24. The molecule has 0 atom stereocenters. The van der Waals surface area contributed by atoms with Crippen LogP contribution in [0.4, 0.5) is 5.82 Å². The van der Waals surface area contributed by atoms with Gasteiger partial charge in [0.25, 0.3) is 0 Å². The third-order valence-electron chi connectivity index (χ3n) is 4.65. The van der Waals surface area contributed by atoms with Gasteiger partial charge in [0, 0.05) is 31.3 Å². The van der Waals surface area contributed by atoms with Gasteiger partial charge in [-0.1, -0.05) is 37.3 Å². The summed E-state index contributed by atoms with van der Waals surface area (Å²) in [6, 6.07) is 14.4. The summed E-state index contributed by atoms with van der Waals surface area (Å²) in [6.45, 7) is 4.12. The maximum absolute atomic E-state index is 11.9. The van der Waals surface area contributed by atoms with Crippen LogP contribution in [-0.2, 0) is 0 Å². The smallest absolute Gasteiger partial charge is 0.162 e. The van der Waals surface area contributed by atoms with E-state index in [0.717, 1.165) is 43.7 Å². The normalized spacial score (nSPS) is 15.6. The third kappa shape index (κ3) is 3.79. The quantitative estimate of drug-likeness (QED) is 0.765. The Morgan fingerprint density at radius 3 is 2.48 bits per heavy atom. The van der Waals surface area contributed by atoms with Crippen molar-refractivity contribution in [2.24, 2.45) is 0 Å². The van der Waals surface area contributed by atoms with Crippen molar-refractivity contribution in [1.29, 1.82) is 0 Å². The van der Waals surface area contributed by atoms with Crippen LogP contribution in [0.25, 0.3) is 0 Å². The third-order valence-corrected chi connectivity index (χ3v) is 4.65. The molecule has 2 heterocycles. The van der Waals surface area contributed by atoms with Crippen LogP contribution in [-0.4, -0.2) is 23.9 Å². The van der Waals surface area contributed by atoms with Crippen LogP contribution in [0.1, 0.15) is 54.4 Å². The second kappa shape index (κ2) is 7.40. The molecule has 1 saturated heterocycles. The summed E-state index contributed by atoms with van der Waals surface area (Å²) in [6.07, 6.45) is 5.68. The number of carbonyl (C=O) groups is 1. The van der Waals surface area contributed by atoms with E-state index in [1.807, 2.05) is 37.4 Å². The Balaban J connectivity index is 1.60. The maximum atomic E-state index is 11.9. The maximum Gasteiger partial charge on any atom is 0.162 e.